The molecule has 36 heavy (non-hydrogen) atoms. The van der Waals surface area contributed by atoms with E-state index in [1.165, 1.54) is 0 Å². The average Bonchev–Trinajstić information content (AvgIpc) is 2.88. The Morgan fingerprint density at radius 2 is 1.64 bits per heavy atom. The average molecular weight is 499 g/mol. The van der Waals surface area contributed by atoms with Crippen molar-refractivity contribution in [2.24, 2.45) is 0 Å². The molecule has 3 rings (SSSR count). The summed E-state index contributed by atoms with van der Waals surface area (Å²) in [5.41, 5.74) is 1.32. The van der Waals surface area contributed by atoms with Gasteiger partial charge in [-0.3, -0.25) is 9.59 Å². The van der Waals surface area contributed by atoms with E-state index in [-0.39, 0.29) is 30.6 Å². The number of benzene rings is 2. The zero-order valence-corrected chi connectivity index (χ0v) is 22.0. The molecule has 2 aromatic carbocycles. The summed E-state index contributed by atoms with van der Waals surface area (Å²) in [5, 5.41) is 3.01. The molecular formula is C28H38N2O6. The lowest BCUT2D eigenvalue weighted by atomic mass is 10.1. The van der Waals surface area contributed by atoms with Gasteiger partial charge >= 0.3 is 0 Å². The van der Waals surface area contributed by atoms with Crippen LogP contribution in [0.2, 0.25) is 0 Å². The third kappa shape index (κ3) is 7.29. The first-order valence-corrected chi connectivity index (χ1v) is 12.6. The Bertz CT molecular complexity index is 1030. The largest absolute Gasteiger partial charge is 0.493 e. The van der Waals surface area contributed by atoms with E-state index in [4.69, 9.17) is 18.9 Å². The number of hydrogen-bond donors (Lipinski definition) is 1. The van der Waals surface area contributed by atoms with Gasteiger partial charge in [-0.05, 0) is 82.9 Å². The minimum Gasteiger partial charge on any atom is -0.493 e. The van der Waals surface area contributed by atoms with E-state index in [1.54, 1.807) is 25.3 Å². The fourth-order valence-electron chi connectivity index (χ4n) is 4.08. The van der Waals surface area contributed by atoms with E-state index in [0.29, 0.717) is 35.2 Å². The van der Waals surface area contributed by atoms with Crippen LogP contribution in [0.5, 0.6) is 23.0 Å². The summed E-state index contributed by atoms with van der Waals surface area (Å²) in [6.07, 6.45) is 3.24. The van der Waals surface area contributed by atoms with E-state index in [0.717, 1.165) is 37.9 Å². The Kier molecular flexibility index (Phi) is 9.85. The predicted octanol–water partition coefficient (Wildman–Crippen LogP) is 4.76. The molecule has 0 radical (unpaired) electrons. The quantitative estimate of drug-likeness (QED) is 0.481. The number of nitrogens with zero attached hydrogens (tertiary/aromatic N) is 1. The predicted molar refractivity (Wildman–Crippen MR) is 138 cm³/mol. The number of rotatable bonds is 11. The highest BCUT2D eigenvalue weighted by Gasteiger charge is 2.19. The van der Waals surface area contributed by atoms with Crippen molar-refractivity contribution in [2.75, 3.05) is 33.4 Å². The van der Waals surface area contributed by atoms with Crippen molar-refractivity contribution >= 4 is 11.8 Å². The van der Waals surface area contributed by atoms with E-state index in [2.05, 4.69) is 5.32 Å². The standard InChI is InChI=1S/C28H38N2O6/c1-6-34-26-17-22(11-12-23(26)35-18-27(31)30-14-8-7-9-15-30)28(32)29-20(4)21-10-13-24(36-19(2)3)25(16-21)33-5/h10-13,16-17,19-20H,6-9,14-15,18H2,1-5H3,(H,29,32). The first-order valence-electron chi connectivity index (χ1n) is 12.6. The van der Waals surface area contributed by atoms with Crippen LogP contribution in [0.15, 0.2) is 36.4 Å². The van der Waals surface area contributed by atoms with Gasteiger partial charge in [0.05, 0.1) is 25.9 Å². The Labute approximate surface area is 213 Å². The number of hydrogen-bond acceptors (Lipinski definition) is 6. The molecule has 0 bridgehead atoms. The third-order valence-electron chi connectivity index (χ3n) is 5.96. The van der Waals surface area contributed by atoms with E-state index in [9.17, 15) is 9.59 Å². The van der Waals surface area contributed by atoms with Crippen molar-refractivity contribution in [1.29, 1.82) is 0 Å². The first-order chi connectivity index (χ1) is 17.3. The zero-order chi connectivity index (χ0) is 26.1. The van der Waals surface area contributed by atoms with E-state index < -0.39 is 0 Å². The molecule has 0 aliphatic carbocycles. The zero-order valence-electron chi connectivity index (χ0n) is 22.0. The molecule has 0 saturated carbocycles. The highest BCUT2D eigenvalue weighted by atomic mass is 16.5. The number of ether oxygens (including phenoxy) is 4. The molecule has 1 unspecified atom stereocenters. The van der Waals surface area contributed by atoms with Gasteiger partial charge < -0.3 is 29.2 Å². The molecule has 0 aromatic heterocycles. The van der Waals surface area contributed by atoms with Crippen molar-refractivity contribution in [2.45, 2.75) is 59.1 Å². The number of carbonyl (C=O) groups excluding carboxylic acids is 2. The van der Waals surface area contributed by atoms with Crippen LogP contribution in [-0.2, 0) is 4.79 Å². The number of carbonyl (C=O) groups is 2. The van der Waals surface area contributed by atoms with Crippen molar-refractivity contribution in [3.8, 4) is 23.0 Å². The van der Waals surface area contributed by atoms with E-state index in [1.807, 2.05) is 50.8 Å². The van der Waals surface area contributed by atoms with Gasteiger partial charge in [0, 0.05) is 18.7 Å². The topological polar surface area (TPSA) is 86.3 Å². The molecule has 2 aromatic rings. The lowest BCUT2D eigenvalue weighted by Crippen LogP contribution is -2.38. The minimum atomic E-state index is -0.270. The number of piperidine rings is 1. The molecule has 1 aliphatic rings. The van der Waals surface area contributed by atoms with Gasteiger partial charge in [0.2, 0.25) is 0 Å². The molecule has 1 aliphatic heterocycles. The Morgan fingerprint density at radius 3 is 2.31 bits per heavy atom. The maximum atomic E-state index is 13.0. The van der Waals surface area contributed by atoms with Crippen LogP contribution in [0.1, 0.15) is 68.9 Å². The molecule has 196 valence electrons. The highest BCUT2D eigenvalue weighted by molar-refractivity contribution is 5.95. The minimum absolute atomic E-state index is 0.0243. The van der Waals surface area contributed by atoms with Crippen LogP contribution < -0.4 is 24.3 Å². The highest BCUT2D eigenvalue weighted by Crippen LogP contribution is 2.32. The van der Waals surface area contributed by atoms with Crippen LogP contribution in [-0.4, -0.2) is 56.2 Å². The number of methoxy groups -OCH3 is 1. The number of likely N-dealkylation sites (tertiary alicyclic amines) is 1. The summed E-state index contributed by atoms with van der Waals surface area (Å²) in [5.74, 6) is 1.86. The third-order valence-corrected chi connectivity index (χ3v) is 5.96. The molecule has 8 heteroatoms. The SMILES string of the molecule is CCOc1cc(C(=O)NC(C)c2ccc(OC(C)C)c(OC)c2)ccc1OCC(=O)N1CCCCC1. The molecule has 8 nitrogen and oxygen atoms in total. The van der Waals surface area contributed by atoms with Gasteiger partial charge in [0.15, 0.2) is 29.6 Å². The smallest absolute Gasteiger partial charge is 0.260 e. The van der Waals surface area contributed by atoms with Crippen LogP contribution >= 0.6 is 0 Å². The summed E-state index contributed by atoms with van der Waals surface area (Å²) in [6.45, 7) is 9.57. The summed E-state index contributed by atoms with van der Waals surface area (Å²) in [4.78, 5) is 27.3. The van der Waals surface area contributed by atoms with Gasteiger partial charge in [0.25, 0.3) is 11.8 Å². The fraction of sp³-hybridized carbons (Fsp3) is 0.500. The molecule has 0 spiro atoms. The second-order valence-corrected chi connectivity index (χ2v) is 9.10. The molecule has 1 saturated heterocycles. The van der Waals surface area contributed by atoms with Crippen LogP contribution in [0.4, 0.5) is 0 Å². The molecule has 1 N–H and O–H groups in total. The van der Waals surface area contributed by atoms with E-state index >= 15 is 0 Å². The summed E-state index contributed by atoms with van der Waals surface area (Å²) in [7, 11) is 1.59. The van der Waals surface area contributed by atoms with Crippen LogP contribution in [0, 0.1) is 0 Å². The lowest BCUT2D eigenvalue weighted by molar-refractivity contribution is -0.134. The van der Waals surface area contributed by atoms with Gasteiger partial charge in [-0.1, -0.05) is 6.07 Å². The monoisotopic (exact) mass is 498 g/mol. The number of amides is 2. The Balaban J connectivity index is 1.67. The first kappa shape index (κ1) is 27.2. The van der Waals surface area contributed by atoms with Gasteiger partial charge in [-0.2, -0.15) is 0 Å². The molecule has 1 atom stereocenters. The van der Waals surface area contributed by atoms with Crippen molar-refractivity contribution in [3.63, 3.8) is 0 Å². The second kappa shape index (κ2) is 13.0. The Hall–Kier alpha value is -3.42. The van der Waals surface area contributed by atoms with Crippen molar-refractivity contribution < 1.29 is 28.5 Å². The van der Waals surface area contributed by atoms with Gasteiger partial charge in [0.1, 0.15) is 0 Å². The normalized spacial score (nSPS) is 14.2. The van der Waals surface area contributed by atoms with Gasteiger partial charge in [-0.25, -0.2) is 0 Å². The fourth-order valence-corrected chi connectivity index (χ4v) is 4.08. The lowest BCUT2D eigenvalue weighted by Gasteiger charge is -2.26. The molecule has 1 fully saturated rings. The van der Waals surface area contributed by atoms with Crippen LogP contribution in [0.25, 0.3) is 0 Å². The molecule has 1 heterocycles. The maximum absolute atomic E-state index is 13.0. The Morgan fingerprint density at radius 1 is 0.917 bits per heavy atom. The van der Waals surface area contributed by atoms with Crippen molar-refractivity contribution in [1.82, 2.24) is 10.2 Å². The second-order valence-electron chi connectivity index (χ2n) is 9.10. The van der Waals surface area contributed by atoms with Crippen molar-refractivity contribution in [3.05, 3.63) is 47.5 Å². The van der Waals surface area contributed by atoms with Crippen LogP contribution in [0.3, 0.4) is 0 Å². The van der Waals surface area contributed by atoms with Gasteiger partial charge in [-0.15, -0.1) is 0 Å². The maximum Gasteiger partial charge on any atom is 0.260 e. The molecular weight excluding hydrogens is 460 g/mol. The summed E-state index contributed by atoms with van der Waals surface area (Å²) >= 11 is 0. The summed E-state index contributed by atoms with van der Waals surface area (Å²) < 4.78 is 22.7. The molecule has 2 amide bonds. The summed E-state index contributed by atoms with van der Waals surface area (Å²) in [6, 6.07) is 10.3. The number of nitrogens with one attached hydrogen (secondary N) is 1.